The first kappa shape index (κ1) is 16.5. The fourth-order valence-electron chi connectivity index (χ4n) is 2.06. The van der Waals surface area contributed by atoms with Crippen LogP contribution in [0, 0.1) is 5.41 Å². The third kappa shape index (κ3) is 5.93. The van der Waals surface area contributed by atoms with Crippen molar-refractivity contribution in [2.45, 2.75) is 20.3 Å². The lowest BCUT2D eigenvalue weighted by molar-refractivity contribution is 0.194. The Balaban J connectivity index is 2.63. The minimum Gasteiger partial charge on any atom is -0.496 e. The SMILES string of the molecule is COCCNCC(C)(C)Cc1cc(Br)ccc1OC. The molecule has 108 valence electrons. The molecule has 0 amide bonds. The van der Waals surface area contributed by atoms with Crippen molar-refractivity contribution < 1.29 is 9.47 Å². The second-order valence-corrected chi connectivity index (χ2v) is 6.38. The molecule has 1 rings (SSSR count). The second-order valence-electron chi connectivity index (χ2n) is 5.47. The van der Waals surface area contributed by atoms with E-state index in [9.17, 15) is 0 Å². The number of halogens is 1. The number of hydrogen-bond donors (Lipinski definition) is 1. The van der Waals surface area contributed by atoms with Gasteiger partial charge in [-0.3, -0.25) is 0 Å². The van der Waals surface area contributed by atoms with Crippen molar-refractivity contribution in [1.82, 2.24) is 5.32 Å². The van der Waals surface area contributed by atoms with Gasteiger partial charge in [0.2, 0.25) is 0 Å². The predicted octanol–water partition coefficient (Wildman–Crippen LogP) is 3.26. The minimum absolute atomic E-state index is 0.168. The lowest BCUT2D eigenvalue weighted by atomic mass is 9.85. The van der Waals surface area contributed by atoms with Crippen LogP contribution >= 0.6 is 15.9 Å². The maximum Gasteiger partial charge on any atom is 0.122 e. The summed E-state index contributed by atoms with van der Waals surface area (Å²) in [7, 11) is 3.44. The number of ether oxygens (including phenoxy) is 2. The molecule has 4 heteroatoms. The van der Waals surface area contributed by atoms with Crippen LogP contribution in [0.3, 0.4) is 0 Å². The Morgan fingerprint density at radius 3 is 2.63 bits per heavy atom. The van der Waals surface area contributed by atoms with Crippen LogP contribution in [-0.4, -0.2) is 33.9 Å². The van der Waals surface area contributed by atoms with Crippen molar-refractivity contribution in [1.29, 1.82) is 0 Å². The summed E-state index contributed by atoms with van der Waals surface area (Å²) >= 11 is 3.52. The second kappa shape index (κ2) is 7.88. The largest absolute Gasteiger partial charge is 0.496 e. The number of nitrogens with one attached hydrogen (secondary N) is 1. The molecule has 0 aliphatic rings. The summed E-state index contributed by atoms with van der Waals surface area (Å²) in [6.45, 7) is 7.10. The molecular weight excluding hydrogens is 306 g/mol. The topological polar surface area (TPSA) is 30.5 Å². The van der Waals surface area contributed by atoms with Crippen molar-refractivity contribution in [2.75, 3.05) is 33.9 Å². The average molecular weight is 330 g/mol. The third-order valence-corrected chi connectivity index (χ3v) is 3.49. The predicted molar refractivity (Wildman–Crippen MR) is 82.9 cm³/mol. The molecule has 0 aliphatic heterocycles. The fourth-order valence-corrected chi connectivity index (χ4v) is 2.47. The number of rotatable bonds is 8. The summed E-state index contributed by atoms with van der Waals surface area (Å²) in [6.07, 6.45) is 0.968. The molecule has 0 spiro atoms. The molecule has 0 radical (unpaired) electrons. The van der Waals surface area contributed by atoms with E-state index < -0.39 is 0 Å². The van der Waals surface area contributed by atoms with Gasteiger partial charge < -0.3 is 14.8 Å². The Hall–Kier alpha value is -0.580. The molecule has 19 heavy (non-hydrogen) atoms. The third-order valence-electron chi connectivity index (χ3n) is 3.00. The van der Waals surface area contributed by atoms with Crippen molar-refractivity contribution in [3.05, 3.63) is 28.2 Å². The van der Waals surface area contributed by atoms with Crippen LogP contribution in [0.2, 0.25) is 0 Å². The highest BCUT2D eigenvalue weighted by molar-refractivity contribution is 9.10. The van der Waals surface area contributed by atoms with E-state index in [4.69, 9.17) is 9.47 Å². The molecule has 0 fully saturated rings. The zero-order valence-electron chi connectivity index (χ0n) is 12.3. The molecule has 1 N–H and O–H groups in total. The molecule has 3 nitrogen and oxygen atoms in total. The van der Waals surface area contributed by atoms with Gasteiger partial charge in [0.25, 0.3) is 0 Å². The molecule has 0 aliphatic carbocycles. The summed E-state index contributed by atoms with van der Waals surface area (Å²) in [5.74, 6) is 0.952. The summed E-state index contributed by atoms with van der Waals surface area (Å²) in [5.41, 5.74) is 1.40. The summed E-state index contributed by atoms with van der Waals surface area (Å²) in [6, 6.07) is 6.15. The van der Waals surface area contributed by atoms with Gasteiger partial charge in [-0.1, -0.05) is 29.8 Å². The zero-order valence-corrected chi connectivity index (χ0v) is 13.8. The van der Waals surface area contributed by atoms with Gasteiger partial charge in [-0.05, 0) is 35.6 Å². The van der Waals surface area contributed by atoms with Gasteiger partial charge in [0.05, 0.1) is 13.7 Å². The van der Waals surface area contributed by atoms with E-state index in [0.717, 1.165) is 36.3 Å². The van der Waals surface area contributed by atoms with Crippen molar-refractivity contribution in [2.24, 2.45) is 5.41 Å². The normalized spacial score (nSPS) is 11.6. The Labute approximate surface area is 124 Å². The molecule has 0 unspecified atom stereocenters. The highest BCUT2D eigenvalue weighted by Gasteiger charge is 2.20. The van der Waals surface area contributed by atoms with Gasteiger partial charge in [-0.15, -0.1) is 0 Å². The van der Waals surface area contributed by atoms with E-state index >= 15 is 0 Å². The first-order chi connectivity index (χ1) is 8.98. The van der Waals surface area contributed by atoms with Crippen LogP contribution in [0.25, 0.3) is 0 Å². The van der Waals surface area contributed by atoms with Crippen LogP contribution in [0.4, 0.5) is 0 Å². The Morgan fingerprint density at radius 1 is 1.26 bits per heavy atom. The average Bonchev–Trinajstić information content (AvgIpc) is 2.34. The first-order valence-electron chi connectivity index (χ1n) is 6.50. The lowest BCUT2D eigenvalue weighted by Gasteiger charge is -2.26. The Morgan fingerprint density at radius 2 is 2.00 bits per heavy atom. The molecule has 0 atom stereocenters. The summed E-state index contributed by atoms with van der Waals surface area (Å²) in [5, 5.41) is 3.42. The van der Waals surface area contributed by atoms with Gasteiger partial charge in [0.15, 0.2) is 0 Å². The Kier molecular flexibility index (Phi) is 6.83. The number of benzene rings is 1. The van der Waals surface area contributed by atoms with Gasteiger partial charge in [0.1, 0.15) is 5.75 Å². The maximum absolute atomic E-state index is 5.43. The molecular formula is C15H24BrNO2. The van der Waals surface area contributed by atoms with E-state index in [0.29, 0.717) is 0 Å². The summed E-state index contributed by atoms with van der Waals surface area (Å²) in [4.78, 5) is 0. The molecule has 1 aromatic carbocycles. The van der Waals surface area contributed by atoms with Gasteiger partial charge in [-0.2, -0.15) is 0 Å². The molecule has 0 saturated carbocycles. The smallest absolute Gasteiger partial charge is 0.122 e. The fraction of sp³-hybridized carbons (Fsp3) is 0.600. The first-order valence-corrected chi connectivity index (χ1v) is 7.30. The van der Waals surface area contributed by atoms with Gasteiger partial charge >= 0.3 is 0 Å². The minimum atomic E-state index is 0.168. The van der Waals surface area contributed by atoms with E-state index in [2.05, 4.69) is 41.2 Å². The molecule has 0 saturated heterocycles. The maximum atomic E-state index is 5.43. The van der Waals surface area contributed by atoms with E-state index in [1.807, 2.05) is 12.1 Å². The van der Waals surface area contributed by atoms with Gasteiger partial charge in [-0.25, -0.2) is 0 Å². The number of methoxy groups -OCH3 is 2. The Bertz CT molecular complexity index is 394. The van der Waals surface area contributed by atoms with Crippen LogP contribution in [0.1, 0.15) is 19.4 Å². The van der Waals surface area contributed by atoms with E-state index in [-0.39, 0.29) is 5.41 Å². The lowest BCUT2D eigenvalue weighted by Crippen LogP contribution is -2.33. The van der Waals surface area contributed by atoms with E-state index in [1.165, 1.54) is 5.56 Å². The van der Waals surface area contributed by atoms with Crippen LogP contribution in [-0.2, 0) is 11.2 Å². The highest BCUT2D eigenvalue weighted by Crippen LogP contribution is 2.29. The van der Waals surface area contributed by atoms with Crippen molar-refractivity contribution in [3.8, 4) is 5.75 Å². The van der Waals surface area contributed by atoms with Crippen LogP contribution in [0.15, 0.2) is 22.7 Å². The van der Waals surface area contributed by atoms with Crippen LogP contribution in [0.5, 0.6) is 5.75 Å². The standard InChI is InChI=1S/C15H24BrNO2/c1-15(2,11-17-7-8-18-3)10-12-9-13(16)5-6-14(12)19-4/h5-6,9,17H,7-8,10-11H2,1-4H3. The van der Waals surface area contributed by atoms with Crippen LogP contribution < -0.4 is 10.1 Å². The number of hydrogen-bond acceptors (Lipinski definition) is 3. The van der Waals surface area contributed by atoms with Crippen molar-refractivity contribution in [3.63, 3.8) is 0 Å². The van der Waals surface area contributed by atoms with Crippen molar-refractivity contribution >= 4 is 15.9 Å². The molecule has 0 aromatic heterocycles. The highest BCUT2D eigenvalue weighted by atomic mass is 79.9. The zero-order chi connectivity index (χ0) is 14.3. The van der Waals surface area contributed by atoms with Gasteiger partial charge in [0, 0.05) is 24.7 Å². The molecule has 0 bridgehead atoms. The molecule has 1 aromatic rings. The summed E-state index contributed by atoms with van der Waals surface area (Å²) < 4.78 is 11.6. The quantitative estimate of drug-likeness (QED) is 0.742. The van der Waals surface area contributed by atoms with E-state index in [1.54, 1.807) is 14.2 Å². The molecule has 0 heterocycles. The monoisotopic (exact) mass is 329 g/mol.